The minimum absolute atomic E-state index is 0.339. The van der Waals surface area contributed by atoms with Crippen LogP contribution in [0.25, 0.3) is 0 Å². The maximum atomic E-state index is 5.12. The van der Waals surface area contributed by atoms with Crippen molar-refractivity contribution in [2.24, 2.45) is 0 Å². The smallest absolute Gasteiger partial charge is 0.219 e. The van der Waals surface area contributed by atoms with Gasteiger partial charge in [-0.05, 0) is 0 Å². The Hall–Kier alpha value is -0.860. The number of aromatic nitrogens is 2. The molecule has 0 atom stereocenters. The lowest BCUT2D eigenvalue weighted by Crippen LogP contribution is -1.85. The van der Waals surface area contributed by atoms with Crippen molar-refractivity contribution in [3.8, 4) is 0 Å². The highest BCUT2D eigenvalue weighted by Gasteiger charge is 2.04. The van der Waals surface area contributed by atoms with Crippen LogP contribution in [0.2, 0.25) is 0 Å². The van der Waals surface area contributed by atoms with Gasteiger partial charge in [0.05, 0.1) is 0 Å². The van der Waals surface area contributed by atoms with Gasteiger partial charge >= 0.3 is 0 Å². The average Bonchev–Trinajstić information content (AvgIpc) is 2.14. The highest BCUT2D eigenvalue weighted by molar-refractivity contribution is 4.84. The third-order valence-electron chi connectivity index (χ3n) is 1.04. The second kappa shape index (κ2) is 2.17. The van der Waals surface area contributed by atoms with Crippen molar-refractivity contribution in [3.05, 3.63) is 11.8 Å². The third-order valence-corrected chi connectivity index (χ3v) is 1.04. The number of hydrogen-bond acceptors (Lipinski definition) is 3. The summed E-state index contributed by atoms with van der Waals surface area (Å²) in [7, 11) is 0. The van der Waals surface area contributed by atoms with Gasteiger partial charge in [0.2, 0.25) is 11.8 Å². The average molecular weight is 126 g/mol. The quantitative estimate of drug-likeness (QED) is 0.572. The Bertz CT molecular complexity index is 193. The summed E-state index contributed by atoms with van der Waals surface area (Å²) in [6.07, 6.45) is 0. The van der Waals surface area contributed by atoms with E-state index in [0.29, 0.717) is 17.7 Å². The first-order valence-electron chi connectivity index (χ1n) is 3.00. The maximum absolute atomic E-state index is 5.12. The molecule has 0 aliphatic rings. The number of rotatable bonds is 1. The summed E-state index contributed by atoms with van der Waals surface area (Å²) in [5.41, 5.74) is 0. The summed E-state index contributed by atoms with van der Waals surface area (Å²) in [6, 6.07) is 0. The lowest BCUT2D eigenvalue weighted by Gasteiger charge is -1.92. The van der Waals surface area contributed by atoms with Gasteiger partial charge < -0.3 is 4.42 Å². The number of aryl methyl sites for hydroxylation is 1. The van der Waals surface area contributed by atoms with Crippen LogP contribution in [0.5, 0.6) is 0 Å². The van der Waals surface area contributed by atoms with E-state index in [4.69, 9.17) is 4.42 Å². The van der Waals surface area contributed by atoms with Crippen LogP contribution < -0.4 is 0 Å². The zero-order chi connectivity index (χ0) is 6.85. The van der Waals surface area contributed by atoms with Crippen molar-refractivity contribution >= 4 is 0 Å². The van der Waals surface area contributed by atoms with E-state index in [-0.39, 0.29) is 0 Å². The lowest BCUT2D eigenvalue weighted by molar-refractivity contribution is 0.448. The fraction of sp³-hybridized carbons (Fsp3) is 0.667. The Morgan fingerprint density at radius 3 is 2.22 bits per heavy atom. The van der Waals surface area contributed by atoms with Crippen molar-refractivity contribution < 1.29 is 4.42 Å². The molecule has 0 saturated heterocycles. The summed E-state index contributed by atoms with van der Waals surface area (Å²) >= 11 is 0. The topological polar surface area (TPSA) is 38.9 Å². The van der Waals surface area contributed by atoms with E-state index in [1.54, 1.807) is 6.92 Å². The second-order valence-corrected chi connectivity index (χ2v) is 2.31. The summed E-state index contributed by atoms with van der Waals surface area (Å²) in [6.45, 7) is 5.83. The minimum atomic E-state index is 0.339. The molecule has 0 radical (unpaired) electrons. The molecule has 0 fully saturated rings. The summed E-state index contributed by atoms with van der Waals surface area (Å²) in [5, 5.41) is 7.52. The molecule has 1 rings (SSSR count). The van der Waals surface area contributed by atoms with E-state index in [1.807, 2.05) is 13.8 Å². The van der Waals surface area contributed by atoms with Crippen LogP contribution in [0, 0.1) is 6.92 Å². The van der Waals surface area contributed by atoms with Crippen LogP contribution in [0.1, 0.15) is 31.5 Å². The highest BCUT2D eigenvalue weighted by Crippen LogP contribution is 2.10. The maximum Gasteiger partial charge on any atom is 0.219 e. The van der Waals surface area contributed by atoms with Crippen LogP contribution in [0.4, 0.5) is 0 Å². The normalized spacial score (nSPS) is 10.7. The van der Waals surface area contributed by atoms with E-state index in [9.17, 15) is 0 Å². The summed E-state index contributed by atoms with van der Waals surface area (Å²) in [4.78, 5) is 0. The molecule has 1 aromatic rings. The van der Waals surface area contributed by atoms with Crippen molar-refractivity contribution in [2.45, 2.75) is 26.7 Å². The predicted molar refractivity (Wildman–Crippen MR) is 33.1 cm³/mol. The molecule has 0 aromatic carbocycles. The zero-order valence-electron chi connectivity index (χ0n) is 5.88. The molecule has 50 valence electrons. The zero-order valence-corrected chi connectivity index (χ0v) is 5.88. The molecule has 1 heterocycles. The van der Waals surface area contributed by atoms with Crippen LogP contribution in [0.3, 0.4) is 0 Å². The first kappa shape index (κ1) is 6.26. The molecule has 0 unspecified atom stereocenters. The Morgan fingerprint density at radius 2 is 2.00 bits per heavy atom. The highest BCUT2D eigenvalue weighted by atomic mass is 16.4. The Balaban J connectivity index is 2.85. The van der Waals surface area contributed by atoms with Gasteiger partial charge in [-0.15, -0.1) is 10.2 Å². The SMILES string of the molecule is Cc1nnc(C(C)C)o1. The molecule has 0 N–H and O–H groups in total. The van der Waals surface area contributed by atoms with E-state index >= 15 is 0 Å². The van der Waals surface area contributed by atoms with Gasteiger partial charge in [0.1, 0.15) is 0 Å². The number of nitrogens with zero attached hydrogens (tertiary/aromatic N) is 2. The van der Waals surface area contributed by atoms with Gasteiger partial charge in [-0.25, -0.2) is 0 Å². The predicted octanol–water partition coefficient (Wildman–Crippen LogP) is 1.50. The molecule has 0 saturated carbocycles. The van der Waals surface area contributed by atoms with Crippen LogP contribution in [-0.4, -0.2) is 10.2 Å². The van der Waals surface area contributed by atoms with Crippen LogP contribution in [0.15, 0.2) is 4.42 Å². The monoisotopic (exact) mass is 126 g/mol. The van der Waals surface area contributed by atoms with Crippen LogP contribution in [-0.2, 0) is 0 Å². The number of hydrogen-bond donors (Lipinski definition) is 0. The van der Waals surface area contributed by atoms with Gasteiger partial charge in [-0.2, -0.15) is 0 Å². The molecule has 3 heteroatoms. The first-order chi connectivity index (χ1) is 4.20. The minimum Gasteiger partial charge on any atom is -0.425 e. The second-order valence-electron chi connectivity index (χ2n) is 2.31. The fourth-order valence-electron chi connectivity index (χ4n) is 0.545. The van der Waals surface area contributed by atoms with Gasteiger partial charge in [0, 0.05) is 12.8 Å². The lowest BCUT2D eigenvalue weighted by atomic mass is 10.2. The Kier molecular flexibility index (Phi) is 1.51. The molecule has 1 aromatic heterocycles. The van der Waals surface area contributed by atoms with E-state index in [1.165, 1.54) is 0 Å². The van der Waals surface area contributed by atoms with Gasteiger partial charge in [-0.3, -0.25) is 0 Å². The molecule has 0 spiro atoms. The van der Waals surface area contributed by atoms with Crippen molar-refractivity contribution in [2.75, 3.05) is 0 Å². The molecule has 0 aliphatic heterocycles. The molecular formula is C6H10N2O. The third kappa shape index (κ3) is 1.28. The molecule has 0 amide bonds. The Morgan fingerprint density at radius 1 is 1.33 bits per heavy atom. The van der Waals surface area contributed by atoms with E-state index in [2.05, 4.69) is 10.2 Å². The standard InChI is InChI=1S/C6H10N2O/c1-4(2)6-8-7-5(3)9-6/h4H,1-3H3. The van der Waals surface area contributed by atoms with Crippen LogP contribution >= 0.6 is 0 Å². The van der Waals surface area contributed by atoms with Crippen molar-refractivity contribution in [1.29, 1.82) is 0 Å². The van der Waals surface area contributed by atoms with E-state index in [0.717, 1.165) is 0 Å². The first-order valence-corrected chi connectivity index (χ1v) is 3.00. The summed E-state index contributed by atoms with van der Waals surface area (Å²) < 4.78 is 5.12. The van der Waals surface area contributed by atoms with Gasteiger partial charge in [0.25, 0.3) is 0 Å². The Labute approximate surface area is 54.1 Å². The van der Waals surface area contributed by atoms with Gasteiger partial charge in [0.15, 0.2) is 0 Å². The molecular weight excluding hydrogens is 116 g/mol. The van der Waals surface area contributed by atoms with Crippen molar-refractivity contribution in [1.82, 2.24) is 10.2 Å². The van der Waals surface area contributed by atoms with E-state index < -0.39 is 0 Å². The molecule has 0 bridgehead atoms. The molecule has 9 heavy (non-hydrogen) atoms. The van der Waals surface area contributed by atoms with Gasteiger partial charge in [-0.1, -0.05) is 13.8 Å². The fourth-order valence-corrected chi connectivity index (χ4v) is 0.545. The molecule has 3 nitrogen and oxygen atoms in total. The van der Waals surface area contributed by atoms with Crippen molar-refractivity contribution in [3.63, 3.8) is 0 Å². The largest absolute Gasteiger partial charge is 0.425 e. The summed E-state index contributed by atoms with van der Waals surface area (Å²) in [5.74, 6) is 1.69. The molecule has 0 aliphatic carbocycles.